The molecule has 0 spiro atoms. The van der Waals surface area contributed by atoms with Gasteiger partial charge in [0.25, 0.3) is 0 Å². The summed E-state index contributed by atoms with van der Waals surface area (Å²) in [6, 6.07) is 0. The summed E-state index contributed by atoms with van der Waals surface area (Å²) in [6.45, 7) is 17.8. The smallest absolute Gasteiger partial charge is 0.0700 e. The fourth-order valence-corrected chi connectivity index (χ4v) is 7.71. The first-order chi connectivity index (χ1) is 21.9. The van der Waals surface area contributed by atoms with E-state index in [2.05, 4.69) is 41.5 Å². The number of unbranched alkanes of at least 4 members (excludes halogenated alkanes) is 12. The molecule has 0 aromatic heterocycles. The number of ether oxygens (including phenoxy) is 2. The van der Waals surface area contributed by atoms with E-state index in [1.807, 2.05) is 0 Å². The minimum Gasteiger partial charge on any atom is -0.379 e. The summed E-state index contributed by atoms with van der Waals surface area (Å²) in [6.07, 6.45) is 38.5. The van der Waals surface area contributed by atoms with Crippen LogP contribution in [0.5, 0.6) is 0 Å². The van der Waals surface area contributed by atoms with E-state index in [1.54, 1.807) is 0 Å². The minimum atomic E-state index is 0.763. The normalized spacial score (nSPS) is 19.0. The summed E-state index contributed by atoms with van der Waals surface area (Å²) in [5.41, 5.74) is 0. The van der Waals surface area contributed by atoms with E-state index in [4.69, 9.17) is 9.47 Å². The second kappa shape index (κ2) is 31.2. The topological polar surface area (TPSA) is 18.5 Å². The zero-order valence-electron chi connectivity index (χ0n) is 32.2. The van der Waals surface area contributed by atoms with E-state index in [9.17, 15) is 0 Å². The molecule has 0 N–H and O–H groups in total. The van der Waals surface area contributed by atoms with Gasteiger partial charge in [0.1, 0.15) is 0 Å². The summed E-state index contributed by atoms with van der Waals surface area (Å²) in [5, 5.41) is 0. The Bertz CT molecular complexity index is 588. The van der Waals surface area contributed by atoms with Crippen LogP contribution in [-0.2, 0) is 9.47 Å². The second-order valence-electron chi connectivity index (χ2n) is 16.7. The monoisotopic (exact) mass is 635 g/mol. The SMILES string of the molecule is CC(C)CCC[C@@H](C)CCC[C@@H](C)CCCC(C)CCOCCOCCCCCCCCCCCCCCC[C@H]1CC[C@@H](C)C1. The second-order valence-corrected chi connectivity index (χ2v) is 16.7. The average Bonchev–Trinajstić information content (AvgIpc) is 3.42. The van der Waals surface area contributed by atoms with E-state index in [0.717, 1.165) is 61.9 Å². The summed E-state index contributed by atoms with van der Waals surface area (Å²) < 4.78 is 11.7. The van der Waals surface area contributed by atoms with Crippen LogP contribution in [0, 0.1) is 35.5 Å². The van der Waals surface area contributed by atoms with Gasteiger partial charge in [-0.2, -0.15) is 0 Å². The van der Waals surface area contributed by atoms with Gasteiger partial charge < -0.3 is 9.47 Å². The first kappa shape index (κ1) is 42.9. The maximum absolute atomic E-state index is 5.87. The van der Waals surface area contributed by atoms with Crippen molar-refractivity contribution in [1.82, 2.24) is 0 Å². The van der Waals surface area contributed by atoms with E-state index >= 15 is 0 Å². The van der Waals surface area contributed by atoms with Gasteiger partial charge in [-0.15, -0.1) is 0 Å². The van der Waals surface area contributed by atoms with Crippen LogP contribution >= 0.6 is 0 Å². The van der Waals surface area contributed by atoms with E-state index < -0.39 is 0 Å². The van der Waals surface area contributed by atoms with E-state index in [1.165, 1.54) is 173 Å². The molecule has 270 valence electrons. The zero-order valence-corrected chi connectivity index (χ0v) is 32.2. The van der Waals surface area contributed by atoms with Crippen molar-refractivity contribution in [2.75, 3.05) is 26.4 Å². The third-order valence-electron chi connectivity index (χ3n) is 11.1. The van der Waals surface area contributed by atoms with Crippen molar-refractivity contribution in [2.24, 2.45) is 35.5 Å². The largest absolute Gasteiger partial charge is 0.379 e. The molecule has 0 heterocycles. The molecule has 1 aliphatic carbocycles. The van der Waals surface area contributed by atoms with Gasteiger partial charge >= 0.3 is 0 Å². The summed E-state index contributed by atoms with van der Waals surface area (Å²) in [4.78, 5) is 0. The minimum absolute atomic E-state index is 0.763. The van der Waals surface area contributed by atoms with Crippen LogP contribution in [0.3, 0.4) is 0 Å². The maximum Gasteiger partial charge on any atom is 0.0700 e. The first-order valence-corrected chi connectivity index (χ1v) is 21.0. The fraction of sp³-hybridized carbons (Fsp3) is 1.00. The zero-order chi connectivity index (χ0) is 32.8. The Kier molecular flexibility index (Phi) is 29.8. The highest BCUT2D eigenvalue weighted by molar-refractivity contribution is 4.72. The molecule has 1 unspecified atom stereocenters. The van der Waals surface area contributed by atoms with Crippen LogP contribution < -0.4 is 0 Å². The predicted octanol–water partition coefficient (Wildman–Crippen LogP) is 14.4. The van der Waals surface area contributed by atoms with Crippen LogP contribution in [0.4, 0.5) is 0 Å². The lowest BCUT2D eigenvalue weighted by atomic mass is 9.91. The van der Waals surface area contributed by atoms with Gasteiger partial charge in [-0.25, -0.2) is 0 Å². The Hall–Kier alpha value is -0.0800. The Labute approximate surface area is 285 Å². The van der Waals surface area contributed by atoms with Gasteiger partial charge in [-0.1, -0.05) is 196 Å². The van der Waals surface area contributed by atoms with Crippen LogP contribution in [-0.4, -0.2) is 26.4 Å². The van der Waals surface area contributed by atoms with Gasteiger partial charge in [0.15, 0.2) is 0 Å². The molecule has 1 aliphatic rings. The van der Waals surface area contributed by atoms with Crippen LogP contribution in [0.25, 0.3) is 0 Å². The Morgan fingerprint density at radius 1 is 0.422 bits per heavy atom. The molecule has 0 bridgehead atoms. The Morgan fingerprint density at radius 3 is 1.31 bits per heavy atom. The first-order valence-electron chi connectivity index (χ1n) is 21.0. The Morgan fingerprint density at radius 2 is 0.844 bits per heavy atom. The van der Waals surface area contributed by atoms with Gasteiger partial charge in [0.2, 0.25) is 0 Å². The van der Waals surface area contributed by atoms with Crippen molar-refractivity contribution in [3.8, 4) is 0 Å². The molecular weight excluding hydrogens is 548 g/mol. The summed E-state index contributed by atoms with van der Waals surface area (Å²) in [7, 11) is 0. The molecule has 2 heteroatoms. The number of hydrogen-bond donors (Lipinski definition) is 0. The third-order valence-corrected chi connectivity index (χ3v) is 11.1. The molecule has 45 heavy (non-hydrogen) atoms. The predicted molar refractivity (Wildman–Crippen MR) is 201 cm³/mol. The standard InChI is InChI=1S/C43H86O2/c1-38(2)23-20-24-39(3)25-21-26-40(4)27-22-28-41(5)32-34-45-36-35-44-33-19-17-15-13-11-9-7-8-10-12-14-16-18-29-43-31-30-42(6)37-43/h38-43H,7-37H2,1-6H3/t39-,40-,41?,42-,43+/m1/s1. The lowest BCUT2D eigenvalue weighted by molar-refractivity contribution is 0.0416. The number of hydrogen-bond acceptors (Lipinski definition) is 2. The van der Waals surface area contributed by atoms with Gasteiger partial charge in [0.05, 0.1) is 13.2 Å². The highest BCUT2D eigenvalue weighted by Crippen LogP contribution is 2.33. The molecule has 0 saturated heterocycles. The van der Waals surface area contributed by atoms with Crippen LogP contribution in [0.15, 0.2) is 0 Å². The van der Waals surface area contributed by atoms with Crippen molar-refractivity contribution in [1.29, 1.82) is 0 Å². The quantitative estimate of drug-likeness (QED) is 0.0656. The molecular formula is C43H86O2. The van der Waals surface area contributed by atoms with Crippen molar-refractivity contribution < 1.29 is 9.47 Å². The van der Waals surface area contributed by atoms with Crippen LogP contribution in [0.2, 0.25) is 0 Å². The third kappa shape index (κ3) is 29.8. The Balaban J connectivity index is 1.72. The van der Waals surface area contributed by atoms with Gasteiger partial charge in [-0.3, -0.25) is 0 Å². The highest BCUT2D eigenvalue weighted by Gasteiger charge is 2.20. The highest BCUT2D eigenvalue weighted by atomic mass is 16.5. The van der Waals surface area contributed by atoms with E-state index in [0.29, 0.717) is 0 Å². The van der Waals surface area contributed by atoms with Gasteiger partial charge in [0, 0.05) is 13.2 Å². The van der Waals surface area contributed by atoms with Crippen molar-refractivity contribution in [3.63, 3.8) is 0 Å². The fourth-order valence-electron chi connectivity index (χ4n) is 7.71. The molecule has 0 aromatic rings. The maximum atomic E-state index is 5.87. The molecule has 0 radical (unpaired) electrons. The summed E-state index contributed by atoms with van der Waals surface area (Å²) >= 11 is 0. The molecule has 2 nitrogen and oxygen atoms in total. The van der Waals surface area contributed by atoms with Crippen LogP contribution in [0.1, 0.15) is 215 Å². The van der Waals surface area contributed by atoms with E-state index in [-0.39, 0.29) is 0 Å². The molecule has 0 amide bonds. The van der Waals surface area contributed by atoms with Crippen molar-refractivity contribution in [2.45, 2.75) is 215 Å². The lowest BCUT2D eigenvalue weighted by Gasteiger charge is -2.16. The molecule has 0 aliphatic heterocycles. The molecule has 1 saturated carbocycles. The molecule has 5 atom stereocenters. The molecule has 1 fully saturated rings. The number of rotatable bonds is 34. The van der Waals surface area contributed by atoms with Crippen molar-refractivity contribution >= 4 is 0 Å². The molecule has 1 rings (SSSR count). The van der Waals surface area contributed by atoms with Crippen molar-refractivity contribution in [3.05, 3.63) is 0 Å². The molecule has 0 aromatic carbocycles. The lowest BCUT2D eigenvalue weighted by Crippen LogP contribution is -2.08. The summed E-state index contributed by atoms with van der Waals surface area (Å²) in [5.74, 6) is 5.54. The van der Waals surface area contributed by atoms with Gasteiger partial charge in [-0.05, 0) is 54.8 Å². The average molecular weight is 635 g/mol.